The molecule has 0 aliphatic heterocycles. The highest BCUT2D eigenvalue weighted by molar-refractivity contribution is 4.83. The molecule has 0 saturated heterocycles. The van der Waals surface area contributed by atoms with Gasteiger partial charge in [0.25, 0.3) is 0 Å². The van der Waals surface area contributed by atoms with Crippen LogP contribution in [0.15, 0.2) is 0 Å². The highest BCUT2D eigenvalue weighted by Gasteiger charge is 2.33. The molecule has 1 saturated carbocycles. The first-order chi connectivity index (χ1) is 6.56. The second-order valence-corrected chi connectivity index (χ2v) is 5.50. The van der Waals surface area contributed by atoms with Crippen LogP contribution in [0, 0.1) is 23.7 Å². The number of rotatable bonds is 3. The Morgan fingerprint density at radius 3 is 2.07 bits per heavy atom. The van der Waals surface area contributed by atoms with Gasteiger partial charge in [0, 0.05) is 7.11 Å². The van der Waals surface area contributed by atoms with Crippen LogP contribution in [0.4, 0.5) is 0 Å². The third kappa shape index (κ3) is 2.73. The summed E-state index contributed by atoms with van der Waals surface area (Å²) >= 11 is 0. The number of methoxy groups -OCH3 is 1. The van der Waals surface area contributed by atoms with Crippen LogP contribution in [0.1, 0.15) is 47.0 Å². The van der Waals surface area contributed by atoms with Gasteiger partial charge in [-0.05, 0) is 42.9 Å². The van der Waals surface area contributed by atoms with E-state index in [1.54, 1.807) is 0 Å². The standard InChI is InChI=1S/C13H26O/c1-9(2)11-6-7-13(14-5)12(8-11)10(3)4/h9-13H,6-8H2,1-5H3. The summed E-state index contributed by atoms with van der Waals surface area (Å²) in [5.41, 5.74) is 0. The van der Waals surface area contributed by atoms with Crippen molar-refractivity contribution in [1.29, 1.82) is 0 Å². The normalized spacial score (nSPS) is 34.1. The fraction of sp³-hybridized carbons (Fsp3) is 1.00. The van der Waals surface area contributed by atoms with Crippen LogP contribution in [-0.2, 0) is 4.74 Å². The van der Waals surface area contributed by atoms with Crippen molar-refractivity contribution in [2.75, 3.05) is 7.11 Å². The van der Waals surface area contributed by atoms with Crippen LogP contribution in [0.3, 0.4) is 0 Å². The van der Waals surface area contributed by atoms with E-state index in [1.165, 1.54) is 19.3 Å². The first-order valence-corrected chi connectivity index (χ1v) is 6.09. The maximum absolute atomic E-state index is 5.59. The molecule has 1 aliphatic carbocycles. The summed E-state index contributed by atoms with van der Waals surface area (Å²) in [6.07, 6.45) is 4.51. The molecule has 1 nitrogen and oxygen atoms in total. The topological polar surface area (TPSA) is 9.23 Å². The fourth-order valence-electron chi connectivity index (χ4n) is 2.81. The summed E-state index contributed by atoms with van der Waals surface area (Å²) < 4.78 is 5.59. The molecule has 14 heavy (non-hydrogen) atoms. The van der Waals surface area contributed by atoms with Crippen molar-refractivity contribution in [1.82, 2.24) is 0 Å². The molecule has 0 aromatic rings. The third-order valence-corrected chi connectivity index (χ3v) is 3.98. The molecule has 1 aliphatic rings. The van der Waals surface area contributed by atoms with E-state index in [-0.39, 0.29) is 0 Å². The summed E-state index contributed by atoms with van der Waals surface area (Å²) in [6, 6.07) is 0. The second kappa shape index (κ2) is 5.16. The summed E-state index contributed by atoms with van der Waals surface area (Å²) in [5, 5.41) is 0. The average molecular weight is 198 g/mol. The molecule has 1 fully saturated rings. The molecule has 0 radical (unpaired) electrons. The van der Waals surface area contributed by atoms with Crippen molar-refractivity contribution in [3.05, 3.63) is 0 Å². The Labute approximate surface area is 89.2 Å². The van der Waals surface area contributed by atoms with Crippen molar-refractivity contribution < 1.29 is 4.74 Å². The van der Waals surface area contributed by atoms with Gasteiger partial charge in [0.05, 0.1) is 6.10 Å². The van der Waals surface area contributed by atoms with Gasteiger partial charge in [-0.2, -0.15) is 0 Å². The zero-order chi connectivity index (χ0) is 10.7. The van der Waals surface area contributed by atoms with Crippen LogP contribution in [0.25, 0.3) is 0 Å². The highest BCUT2D eigenvalue weighted by Crippen LogP contribution is 2.38. The summed E-state index contributed by atoms with van der Waals surface area (Å²) in [4.78, 5) is 0. The Kier molecular flexibility index (Phi) is 4.43. The molecule has 84 valence electrons. The quantitative estimate of drug-likeness (QED) is 0.671. The average Bonchev–Trinajstić information content (AvgIpc) is 2.16. The minimum atomic E-state index is 0.519. The van der Waals surface area contributed by atoms with Gasteiger partial charge in [0.2, 0.25) is 0 Å². The van der Waals surface area contributed by atoms with Gasteiger partial charge in [0.15, 0.2) is 0 Å². The first kappa shape index (κ1) is 12.0. The first-order valence-electron chi connectivity index (χ1n) is 6.09. The molecule has 0 spiro atoms. The molecule has 3 atom stereocenters. The van der Waals surface area contributed by atoms with Gasteiger partial charge < -0.3 is 4.74 Å². The fourth-order valence-corrected chi connectivity index (χ4v) is 2.81. The lowest BCUT2D eigenvalue weighted by Crippen LogP contribution is -2.35. The van der Waals surface area contributed by atoms with Gasteiger partial charge in [-0.3, -0.25) is 0 Å². The lowest BCUT2D eigenvalue weighted by molar-refractivity contribution is -0.0171. The Morgan fingerprint density at radius 2 is 1.64 bits per heavy atom. The predicted molar refractivity (Wildman–Crippen MR) is 61.3 cm³/mol. The maximum atomic E-state index is 5.59. The molecule has 0 heterocycles. The van der Waals surface area contributed by atoms with Crippen molar-refractivity contribution in [2.24, 2.45) is 23.7 Å². The highest BCUT2D eigenvalue weighted by atomic mass is 16.5. The summed E-state index contributed by atoms with van der Waals surface area (Å²) in [7, 11) is 1.87. The van der Waals surface area contributed by atoms with Crippen molar-refractivity contribution in [3.8, 4) is 0 Å². The van der Waals surface area contributed by atoms with E-state index >= 15 is 0 Å². The molecular weight excluding hydrogens is 172 g/mol. The Morgan fingerprint density at radius 1 is 1.00 bits per heavy atom. The summed E-state index contributed by atoms with van der Waals surface area (Å²) in [5.74, 6) is 3.31. The van der Waals surface area contributed by atoms with Crippen molar-refractivity contribution in [2.45, 2.75) is 53.1 Å². The van der Waals surface area contributed by atoms with Crippen molar-refractivity contribution >= 4 is 0 Å². The molecule has 0 amide bonds. The van der Waals surface area contributed by atoms with Gasteiger partial charge in [-0.25, -0.2) is 0 Å². The molecule has 0 bridgehead atoms. The van der Waals surface area contributed by atoms with E-state index in [0.717, 1.165) is 23.7 Å². The smallest absolute Gasteiger partial charge is 0.0602 e. The van der Waals surface area contributed by atoms with E-state index < -0.39 is 0 Å². The van der Waals surface area contributed by atoms with Crippen LogP contribution in [0.2, 0.25) is 0 Å². The monoisotopic (exact) mass is 198 g/mol. The van der Waals surface area contributed by atoms with Crippen LogP contribution >= 0.6 is 0 Å². The van der Waals surface area contributed by atoms with Gasteiger partial charge >= 0.3 is 0 Å². The molecule has 1 heteroatoms. The number of hydrogen-bond donors (Lipinski definition) is 0. The van der Waals surface area contributed by atoms with E-state index in [4.69, 9.17) is 4.74 Å². The largest absolute Gasteiger partial charge is 0.381 e. The molecule has 3 unspecified atom stereocenters. The van der Waals surface area contributed by atoms with Gasteiger partial charge in [-0.15, -0.1) is 0 Å². The SMILES string of the molecule is COC1CCC(C(C)C)CC1C(C)C. The van der Waals surface area contributed by atoms with Crippen LogP contribution in [0.5, 0.6) is 0 Å². The Balaban J connectivity index is 2.57. The Hall–Kier alpha value is -0.0400. The third-order valence-electron chi connectivity index (χ3n) is 3.98. The molecule has 0 aromatic heterocycles. The molecule has 0 aromatic carbocycles. The maximum Gasteiger partial charge on any atom is 0.0602 e. The molecular formula is C13H26O. The van der Waals surface area contributed by atoms with E-state index in [2.05, 4.69) is 27.7 Å². The van der Waals surface area contributed by atoms with Crippen molar-refractivity contribution in [3.63, 3.8) is 0 Å². The second-order valence-electron chi connectivity index (χ2n) is 5.50. The lowest BCUT2D eigenvalue weighted by atomic mass is 9.71. The zero-order valence-electron chi connectivity index (χ0n) is 10.4. The van der Waals surface area contributed by atoms with E-state index in [1.807, 2.05) is 7.11 Å². The number of ether oxygens (including phenoxy) is 1. The van der Waals surface area contributed by atoms with E-state index in [0.29, 0.717) is 6.10 Å². The summed E-state index contributed by atoms with van der Waals surface area (Å²) in [6.45, 7) is 9.38. The van der Waals surface area contributed by atoms with Crippen LogP contribution in [-0.4, -0.2) is 13.2 Å². The molecule has 0 N–H and O–H groups in total. The number of hydrogen-bond acceptors (Lipinski definition) is 1. The molecule has 1 rings (SSSR count). The van der Waals surface area contributed by atoms with Crippen LogP contribution < -0.4 is 0 Å². The van der Waals surface area contributed by atoms with E-state index in [9.17, 15) is 0 Å². The Bertz CT molecular complexity index is 163. The minimum absolute atomic E-state index is 0.519. The zero-order valence-corrected chi connectivity index (χ0v) is 10.4. The predicted octanol–water partition coefficient (Wildman–Crippen LogP) is 3.73. The van der Waals surface area contributed by atoms with Gasteiger partial charge in [-0.1, -0.05) is 27.7 Å². The van der Waals surface area contributed by atoms with Gasteiger partial charge in [0.1, 0.15) is 0 Å². The minimum Gasteiger partial charge on any atom is -0.381 e. The lowest BCUT2D eigenvalue weighted by Gasteiger charge is -2.39.